The quantitative estimate of drug-likeness (QED) is 0.590. The number of halogens is 2. The molecule has 23 heavy (non-hydrogen) atoms. The van der Waals surface area contributed by atoms with Crippen LogP contribution in [0.5, 0.6) is 5.75 Å². The molecule has 2 aromatic rings. The lowest BCUT2D eigenvalue weighted by Crippen LogP contribution is -2.05. The van der Waals surface area contributed by atoms with Crippen LogP contribution in [-0.2, 0) is 9.05 Å². The number of hydrogen-bond donors (Lipinski definition) is 1. The zero-order valence-electron chi connectivity index (χ0n) is 13.0. The molecule has 1 unspecified atom stereocenters. The molecule has 1 atom stereocenters. The van der Waals surface area contributed by atoms with Crippen molar-refractivity contribution in [1.29, 1.82) is 0 Å². The molecule has 3 nitrogen and oxygen atoms in total. The van der Waals surface area contributed by atoms with Crippen LogP contribution in [-0.4, -0.2) is 18.3 Å². The number of aromatic hydroxyl groups is 1. The largest absolute Gasteiger partial charge is 0.508 e. The van der Waals surface area contributed by atoms with Gasteiger partial charge in [-0.3, -0.25) is 0 Å². The zero-order chi connectivity index (χ0) is 16.8. The molecule has 0 amide bonds. The van der Waals surface area contributed by atoms with Gasteiger partial charge in [-0.1, -0.05) is 47.5 Å². The van der Waals surface area contributed by atoms with Crippen LogP contribution < -0.4 is 0 Å². The van der Waals surface area contributed by atoms with E-state index in [0.717, 1.165) is 11.1 Å². The number of phenols is 1. The van der Waals surface area contributed by atoms with Crippen LogP contribution in [0.1, 0.15) is 30.6 Å². The summed E-state index contributed by atoms with van der Waals surface area (Å²) in [7, 11) is -1.28. The van der Waals surface area contributed by atoms with Gasteiger partial charge in [-0.15, -0.1) is 0 Å². The van der Waals surface area contributed by atoms with Crippen molar-refractivity contribution in [2.45, 2.75) is 19.5 Å². The van der Waals surface area contributed by atoms with Crippen molar-refractivity contribution in [1.82, 2.24) is 0 Å². The van der Waals surface area contributed by atoms with Crippen molar-refractivity contribution in [3.8, 4) is 5.75 Å². The maximum atomic E-state index is 10.3. The Bertz CT molecular complexity index is 645. The molecule has 0 saturated heterocycles. The summed E-state index contributed by atoms with van der Waals surface area (Å²) in [5, 5.41) is 11.2. The topological polar surface area (TPSA) is 38.7 Å². The molecule has 0 fully saturated rings. The Balaban J connectivity index is 2.53. The minimum atomic E-state index is -1.28. The molecule has 0 spiro atoms. The lowest BCUT2D eigenvalue weighted by molar-refractivity contribution is 0.264. The van der Waals surface area contributed by atoms with E-state index in [1.54, 1.807) is 24.3 Å². The predicted octanol–water partition coefficient (Wildman–Crippen LogP) is 6.17. The van der Waals surface area contributed by atoms with Crippen molar-refractivity contribution in [2.24, 2.45) is 0 Å². The first-order valence-corrected chi connectivity index (χ1v) is 9.36. The zero-order valence-corrected chi connectivity index (χ0v) is 15.4. The highest BCUT2D eigenvalue weighted by atomic mass is 35.5. The Morgan fingerprint density at radius 1 is 1.00 bits per heavy atom. The average molecular weight is 373 g/mol. The van der Waals surface area contributed by atoms with Crippen LogP contribution in [0.3, 0.4) is 0 Å². The SMILES string of the molecule is CCOP(OCC)C(c1ccc(Cl)c(Cl)c1)c1ccccc1O. The van der Waals surface area contributed by atoms with Crippen molar-refractivity contribution < 1.29 is 14.2 Å². The van der Waals surface area contributed by atoms with E-state index < -0.39 is 8.38 Å². The van der Waals surface area contributed by atoms with Gasteiger partial charge in [-0.05, 0) is 37.6 Å². The van der Waals surface area contributed by atoms with E-state index >= 15 is 0 Å². The second-order valence-corrected chi connectivity index (χ2v) is 7.17. The fourth-order valence-electron chi connectivity index (χ4n) is 2.26. The minimum Gasteiger partial charge on any atom is -0.508 e. The summed E-state index contributed by atoms with van der Waals surface area (Å²) in [5.41, 5.74) is 1.40. The Kier molecular flexibility index (Phi) is 7.13. The Morgan fingerprint density at radius 3 is 2.22 bits per heavy atom. The third-order valence-electron chi connectivity index (χ3n) is 3.21. The normalized spacial score (nSPS) is 12.6. The third kappa shape index (κ3) is 4.59. The molecule has 0 aliphatic heterocycles. The van der Waals surface area contributed by atoms with Gasteiger partial charge in [0.15, 0.2) is 8.38 Å². The summed E-state index contributed by atoms with van der Waals surface area (Å²) in [4.78, 5) is 0. The van der Waals surface area contributed by atoms with Gasteiger partial charge in [0.1, 0.15) is 5.75 Å². The van der Waals surface area contributed by atoms with Crippen LogP contribution in [0.4, 0.5) is 0 Å². The van der Waals surface area contributed by atoms with E-state index in [1.807, 2.05) is 32.0 Å². The van der Waals surface area contributed by atoms with Gasteiger partial charge in [-0.25, -0.2) is 0 Å². The molecule has 0 aliphatic rings. The van der Waals surface area contributed by atoms with Crippen molar-refractivity contribution in [3.63, 3.8) is 0 Å². The third-order valence-corrected chi connectivity index (χ3v) is 5.98. The highest BCUT2D eigenvalue weighted by Gasteiger charge is 2.29. The molecular formula is C17H19Cl2O3P. The van der Waals surface area contributed by atoms with E-state index in [-0.39, 0.29) is 11.4 Å². The Hall–Kier alpha value is -0.830. The van der Waals surface area contributed by atoms with Gasteiger partial charge in [0.2, 0.25) is 0 Å². The van der Waals surface area contributed by atoms with Gasteiger partial charge < -0.3 is 14.2 Å². The fourth-order valence-corrected chi connectivity index (χ4v) is 4.29. The van der Waals surface area contributed by atoms with E-state index in [1.165, 1.54) is 0 Å². The molecule has 0 aromatic heterocycles. The molecule has 0 aliphatic carbocycles. The van der Waals surface area contributed by atoms with Gasteiger partial charge in [0.05, 0.1) is 28.9 Å². The molecule has 6 heteroatoms. The standard InChI is InChI=1S/C17H19Cl2O3P/c1-3-21-23(22-4-2)17(13-7-5-6-8-16(13)20)12-9-10-14(18)15(19)11-12/h5-11,17,20H,3-4H2,1-2H3. The maximum absolute atomic E-state index is 10.3. The second kappa shape index (κ2) is 8.86. The van der Waals surface area contributed by atoms with Crippen LogP contribution in [0.25, 0.3) is 0 Å². The highest BCUT2D eigenvalue weighted by Crippen LogP contribution is 2.58. The summed E-state index contributed by atoms with van der Waals surface area (Å²) in [6.45, 7) is 4.89. The Labute approximate surface area is 148 Å². The van der Waals surface area contributed by atoms with E-state index in [9.17, 15) is 5.11 Å². The first-order valence-electron chi connectivity index (χ1n) is 7.36. The lowest BCUT2D eigenvalue weighted by Gasteiger charge is -2.27. The second-order valence-electron chi connectivity index (χ2n) is 4.76. The highest BCUT2D eigenvalue weighted by molar-refractivity contribution is 7.48. The molecule has 2 aromatic carbocycles. The van der Waals surface area contributed by atoms with E-state index in [4.69, 9.17) is 32.2 Å². The number of phenolic OH excluding ortho intramolecular Hbond substituents is 1. The predicted molar refractivity (Wildman–Crippen MR) is 96.6 cm³/mol. The van der Waals surface area contributed by atoms with Crippen LogP contribution in [0, 0.1) is 0 Å². The first-order chi connectivity index (χ1) is 11.1. The molecule has 0 bridgehead atoms. The summed E-state index contributed by atoms with van der Waals surface area (Å²) >= 11 is 12.2. The molecular weight excluding hydrogens is 354 g/mol. The van der Waals surface area contributed by atoms with Gasteiger partial charge in [0, 0.05) is 5.56 Å². The first kappa shape index (κ1) is 18.5. The average Bonchev–Trinajstić information content (AvgIpc) is 2.53. The molecule has 2 rings (SSSR count). The van der Waals surface area contributed by atoms with Crippen LogP contribution in [0.2, 0.25) is 10.0 Å². The summed E-state index contributed by atoms with van der Waals surface area (Å²) in [6.07, 6.45) is 0. The number of rotatable bonds is 7. The smallest absolute Gasteiger partial charge is 0.183 e. The van der Waals surface area contributed by atoms with Crippen molar-refractivity contribution in [3.05, 3.63) is 63.6 Å². The van der Waals surface area contributed by atoms with Gasteiger partial charge in [0.25, 0.3) is 0 Å². The summed E-state index contributed by atoms with van der Waals surface area (Å²) in [5.74, 6) is 0.204. The van der Waals surface area contributed by atoms with Gasteiger partial charge in [-0.2, -0.15) is 0 Å². The number of hydrogen-bond acceptors (Lipinski definition) is 3. The van der Waals surface area contributed by atoms with Crippen molar-refractivity contribution >= 4 is 31.6 Å². The number of benzene rings is 2. The molecule has 1 N–H and O–H groups in total. The molecule has 124 valence electrons. The van der Waals surface area contributed by atoms with E-state index in [2.05, 4.69) is 0 Å². The summed E-state index contributed by atoms with van der Waals surface area (Å²) < 4.78 is 11.7. The monoisotopic (exact) mass is 372 g/mol. The molecule has 0 heterocycles. The lowest BCUT2D eigenvalue weighted by atomic mass is 10.0. The van der Waals surface area contributed by atoms with Crippen LogP contribution >= 0.6 is 31.6 Å². The van der Waals surface area contributed by atoms with E-state index in [0.29, 0.717) is 23.3 Å². The molecule has 0 saturated carbocycles. The van der Waals surface area contributed by atoms with Crippen molar-refractivity contribution in [2.75, 3.05) is 13.2 Å². The maximum Gasteiger partial charge on any atom is 0.183 e. The minimum absolute atomic E-state index is 0.204. The number of para-hydroxylation sites is 1. The van der Waals surface area contributed by atoms with Gasteiger partial charge >= 0.3 is 0 Å². The molecule has 0 radical (unpaired) electrons. The summed E-state index contributed by atoms with van der Waals surface area (Å²) in [6, 6.07) is 12.6. The fraction of sp³-hybridized carbons (Fsp3) is 0.294. The Morgan fingerprint density at radius 2 is 1.65 bits per heavy atom. The van der Waals surface area contributed by atoms with Crippen LogP contribution in [0.15, 0.2) is 42.5 Å².